The third kappa shape index (κ3) is 1.58. The van der Waals surface area contributed by atoms with E-state index in [4.69, 9.17) is 16.0 Å². The van der Waals surface area contributed by atoms with Crippen molar-refractivity contribution < 1.29 is 4.42 Å². The van der Waals surface area contributed by atoms with Gasteiger partial charge in [-0.25, -0.2) is 4.98 Å². The first-order chi connectivity index (χ1) is 6.20. The Morgan fingerprint density at radius 1 is 1.54 bits per heavy atom. The van der Waals surface area contributed by atoms with E-state index >= 15 is 0 Å². The second-order valence-electron chi connectivity index (χ2n) is 2.81. The van der Waals surface area contributed by atoms with Crippen LogP contribution in [0.2, 0.25) is 0 Å². The van der Waals surface area contributed by atoms with Gasteiger partial charge in [0, 0.05) is 4.47 Å². The maximum Gasteiger partial charge on any atom is 0.210 e. The Bertz CT molecular complexity index is 452. The highest BCUT2D eigenvalue weighted by atomic mass is 79.9. The molecule has 2 nitrogen and oxygen atoms in total. The number of hydrogen-bond acceptors (Lipinski definition) is 2. The van der Waals surface area contributed by atoms with Crippen molar-refractivity contribution in [1.82, 2.24) is 4.98 Å². The summed E-state index contributed by atoms with van der Waals surface area (Å²) in [5.41, 5.74) is 2.73. The van der Waals surface area contributed by atoms with E-state index in [1.54, 1.807) is 0 Å². The fourth-order valence-electron chi connectivity index (χ4n) is 1.26. The summed E-state index contributed by atoms with van der Waals surface area (Å²) in [4.78, 5) is 4.22. The molecule has 0 N–H and O–H groups in total. The third-order valence-corrected chi connectivity index (χ3v) is 2.49. The van der Waals surface area contributed by atoms with Crippen LogP contribution >= 0.6 is 27.5 Å². The van der Waals surface area contributed by atoms with E-state index in [9.17, 15) is 0 Å². The molecule has 0 amide bonds. The molecule has 0 saturated carbocycles. The van der Waals surface area contributed by atoms with Crippen LogP contribution in [0.25, 0.3) is 11.1 Å². The van der Waals surface area contributed by atoms with Crippen molar-refractivity contribution in [3.63, 3.8) is 0 Å². The fraction of sp³-hybridized carbons (Fsp3) is 0.222. The quantitative estimate of drug-likeness (QED) is 0.732. The largest absolute Gasteiger partial charge is 0.439 e. The predicted octanol–water partition coefficient (Wildman–Crippen LogP) is 3.64. The number of oxazole rings is 1. The molecule has 0 atom stereocenters. The summed E-state index contributed by atoms with van der Waals surface area (Å²) in [7, 11) is 0. The second-order valence-corrected chi connectivity index (χ2v) is 4.00. The molecule has 0 aliphatic rings. The van der Waals surface area contributed by atoms with E-state index in [0.29, 0.717) is 11.8 Å². The number of fused-ring (bicyclic) bond motifs is 1. The molecule has 0 saturated heterocycles. The number of aromatic nitrogens is 1. The molecule has 0 spiro atoms. The standard InChI is InChI=1S/C9H7BrClNO/c1-5-2-6(10)3-7-9(5)13-8(4-11)12-7/h2-3H,4H2,1H3. The van der Waals surface area contributed by atoms with E-state index in [1.807, 2.05) is 19.1 Å². The van der Waals surface area contributed by atoms with E-state index in [0.717, 1.165) is 21.1 Å². The van der Waals surface area contributed by atoms with Crippen molar-refractivity contribution >= 4 is 38.6 Å². The highest BCUT2D eigenvalue weighted by Crippen LogP contribution is 2.24. The predicted molar refractivity (Wildman–Crippen MR) is 56.0 cm³/mol. The molecule has 0 radical (unpaired) electrons. The van der Waals surface area contributed by atoms with Gasteiger partial charge < -0.3 is 4.42 Å². The molecule has 1 aromatic heterocycles. The Morgan fingerprint density at radius 2 is 2.31 bits per heavy atom. The Kier molecular flexibility index (Phi) is 2.30. The summed E-state index contributed by atoms with van der Waals surface area (Å²) in [6.45, 7) is 1.98. The molecule has 4 heteroatoms. The number of alkyl halides is 1. The van der Waals surface area contributed by atoms with Crippen molar-refractivity contribution in [3.8, 4) is 0 Å². The molecule has 2 rings (SSSR count). The monoisotopic (exact) mass is 259 g/mol. The van der Waals surface area contributed by atoms with Crippen molar-refractivity contribution in [2.24, 2.45) is 0 Å². The van der Waals surface area contributed by atoms with Crippen LogP contribution in [-0.2, 0) is 5.88 Å². The molecule has 1 aromatic carbocycles. The Morgan fingerprint density at radius 3 is 3.00 bits per heavy atom. The van der Waals surface area contributed by atoms with Gasteiger partial charge in [0.25, 0.3) is 0 Å². The normalized spacial score (nSPS) is 11.0. The molecule has 1 heterocycles. The SMILES string of the molecule is Cc1cc(Br)cc2nc(CCl)oc12. The molecule has 0 bridgehead atoms. The molecule has 0 fully saturated rings. The lowest BCUT2D eigenvalue weighted by atomic mass is 10.2. The molecule has 68 valence electrons. The van der Waals surface area contributed by atoms with Crippen molar-refractivity contribution in [2.45, 2.75) is 12.8 Å². The number of aryl methyl sites for hydroxylation is 1. The number of halogens is 2. The zero-order chi connectivity index (χ0) is 9.42. The summed E-state index contributed by atoms with van der Waals surface area (Å²) in [5, 5.41) is 0. The van der Waals surface area contributed by atoms with Gasteiger partial charge in [0.2, 0.25) is 5.89 Å². The molecular weight excluding hydrogens is 253 g/mol. The Hall–Kier alpha value is -0.540. The van der Waals surface area contributed by atoms with Crippen LogP contribution in [0.15, 0.2) is 21.0 Å². The van der Waals surface area contributed by atoms with Gasteiger partial charge in [-0.05, 0) is 24.6 Å². The third-order valence-electron chi connectivity index (χ3n) is 1.80. The Labute approximate surface area is 89.0 Å². The average molecular weight is 261 g/mol. The molecule has 0 unspecified atom stereocenters. The number of hydrogen-bond donors (Lipinski definition) is 0. The number of nitrogens with zero attached hydrogens (tertiary/aromatic N) is 1. The van der Waals surface area contributed by atoms with Gasteiger partial charge in [-0.1, -0.05) is 15.9 Å². The van der Waals surface area contributed by atoms with Gasteiger partial charge in [0.1, 0.15) is 5.52 Å². The van der Waals surface area contributed by atoms with Crippen LogP contribution in [0.4, 0.5) is 0 Å². The van der Waals surface area contributed by atoms with E-state index in [-0.39, 0.29) is 0 Å². The summed E-state index contributed by atoms with van der Waals surface area (Å²) < 4.78 is 6.45. The second kappa shape index (κ2) is 3.31. The van der Waals surface area contributed by atoms with E-state index < -0.39 is 0 Å². The Balaban J connectivity index is 2.75. The zero-order valence-electron chi connectivity index (χ0n) is 6.97. The molecule has 2 aromatic rings. The number of benzene rings is 1. The first kappa shape index (κ1) is 9.03. The van der Waals surface area contributed by atoms with Crippen LogP contribution in [0.1, 0.15) is 11.5 Å². The first-order valence-corrected chi connectivity index (χ1v) is 5.15. The van der Waals surface area contributed by atoms with Crippen molar-refractivity contribution in [2.75, 3.05) is 0 Å². The van der Waals surface area contributed by atoms with Gasteiger partial charge in [0.15, 0.2) is 5.58 Å². The van der Waals surface area contributed by atoms with Crippen LogP contribution in [0, 0.1) is 6.92 Å². The van der Waals surface area contributed by atoms with Crippen LogP contribution in [-0.4, -0.2) is 4.98 Å². The fourth-order valence-corrected chi connectivity index (χ4v) is 1.93. The number of rotatable bonds is 1. The molecule has 0 aliphatic carbocycles. The van der Waals surface area contributed by atoms with Gasteiger partial charge in [-0.15, -0.1) is 11.6 Å². The average Bonchev–Trinajstić information content (AvgIpc) is 2.47. The lowest BCUT2D eigenvalue weighted by Crippen LogP contribution is -1.75. The van der Waals surface area contributed by atoms with Gasteiger partial charge in [0.05, 0.1) is 5.88 Å². The summed E-state index contributed by atoms with van der Waals surface area (Å²) in [6, 6.07) is 3.91. The smallest absolute Gasteiger partial charge is 0.210 e. The molecular formula is C9H7BrClNO. The topological polar surface area (TPSA) is 26.0 Å². The maximum atomic E-state index is 5.62. The van der Waals surface area contributed by atoms with Crippen molar-refractivity contribution in [1.29, 1.82) is 0 Å². The van der Waals surface area contributed by atoms with Gasteiger partial charge in [-0.3, -0.25) is 0 Å². The summed E-state index contributed by atoms with van der Waals surface area (Å²) in [6.07, 6.45) is 0. The van der Waals surface area contributed by atoms with Crippen LogP contribution in [0.3, 0.4) is 0 Å². The van der Waals surface area contributed by atoms with E-state index in [2.05, 4.69) is 20.9 Å². The minimum atomic E-state index is 0.311. The molecule has 13 heavy (non-hydrogen) atoms. The van der Waals surface area contributed by atoms with Crippen LogP contribution < -0.4 is 0 Å². The highest BCUT2D eigenvalue weighted by molar-refractivity contribution is 9.10. The maximum absolute atomic E-state index is 5.62. The molecule has 0 aliphatic heterocycles. The van der Waals surface area contributed by atoms with Crippen molar-refractivity contribution in [3.05, 3.63) is 28.1 Å². The minimum Gasteiger partial charge on any atom is -0.439 e. The minimum absolute atomic E-state index is 0.311. The lowest BCUT2D eigenvalue weighted by Gasteiger charge is -1.93. The van der Waals surface area contributed by atoms with Gasteiger partial charge >= 0.3 is 0 Å². The lowest BCUT2D eigenvalue weighted by molar-refractivity contribution is 0.553. The highest BCUT2D eigenvalue weighted by Gasteiger charge is 2.07. The summed E-state index contributed by atoms with van der Waals surface area (Å²) >= 11 is 9.02. The van der Waals surface area contributed by atoms with Gasteiger partial charge in [-0.2, -0.15) is 0 Å². The first-order valence-electron chi connectivity index (χ1n) is 3.82. The zero-order valence-corrected chi connectivity index (χ0v) is 9.32. The van der Waals surface area contributed by atoms with Crippen LogP contribution in [0.5, 0.6) is 0 Å². The van der Waals surface area contributed by atoms with E-state index in [1.165, 1.54) is 0 Å². The summed E-state index contributed by atoms with van der Waals surface area (Å²) in [5.74, 6) is 0.879.